The van der Waals surface area contributed by atoms with E-state index >= 15 is 0 Å². The van der Waals surface area contributed by atoms with Gasteiger partial charge in [-0.05, 0) is 23.6 Å². The molecule has 8 heteroatoms. The Kier molecular flexibility index (Phi) is 9.30. The van der Waals surface area contributed by atoms with E-state index in [-0.39, 0.29) is 18.9 Å². The predicted molar refractivity (Wildman–Crippen MR) is 97.2 cm³/mol. The summed E-state index contributed by atoms with van der Waals surface area (Å²) >= 11 is 0. The summed E-state index contributed by atoms with van der Waals surface area (Å²) in [6.07, 6.45) is -2.49. The molecule has 0 saturated heterocycles. The lowest BCUT2D eigenvalue weighted by molar-refractivity contribution is 0.0302. The highest BCUT2D eigenvalue weighted by Crippen LogP contribution is 2.14. The Labute approximate surface area is 148 Å². The predicted octanol–water partition coefficient (Wildman–Crippen LogP) is -0.774. The zero-order chi connectivity index (χ0) is 19.0. The molecule has 6 atom stereocenters. The first-order chi connectivity index (χ1) is 11.8. The highest BCUT2D eigenvalue weighted by Gasteiger charge is 2.27. The molecule has 0 spiro atoms. The van der Waals surface area contributed by atoms with E-state index in [0.29, 0.717) is 5.69 Å². The first kappa shape index (κ1) is 21.8. The van der Waals surface area contributed by atoms with Crippen molar-refractivity contribution in [1.82, 2.24) is 5.32 Å². The van der Waals surface area contributed by atoms with Crippen LogP contribution < -0.4 is 22.1 Å². The van der Waals surface area contributed by atoms with Crippen LogP contribution in [0.3, 0.4) is 0 Å². The minimum Gasteiger partial charge on any atom is -0.392 e. The average Bonchev–Trinajstić information content (AvgIpc) is 2.59. The molecule has 1 rings (SSSR count). The summed E-state index contributed by atoms with van der Waals surface area (Å²) in [5.74, 6) is 0.0853. The maximum absolute atomic E-state index is 10.4. The van der Waals surface area contributed by atoms with Crippen molar-refractivity contribution in [2.75, 3.05) is 5.32 Å². The summed E-state index contributed by atoms with van der Waals surface area (Å²) in [6, 6.07) is 5.64. The van der Waals surface area contributed by atoms with Crippen LogP contribution in [0.1, 0.15) is 32.3 Å². The van der Waals surface area contributed by atoms with Crippen LogP contribution in [0.4, 0.5) is 5.69 Å². The van der Waals surface area contributed by atoms with Crippen molar-refractivity contribution >= 4 is 5.69 Å². The molecule has 4 unspecified atom stereocenters. The summed E-state index contributed by atoms with van der Waals surface area (Å²) in [4.78, 5) is 0. The molecule has 0 amide bonds. The van der Waals surface area contributed by atoms with Crippen molar-refractivity contribution in [2.24, 2.45) is 17.4 Å². The van der Waals surface area contributed by atoms with Gasteiger partial charge >= 0.3 is 0 Å². The maximum Gasteiger partial charge on any atom is 0.140 e. The Hall–Kier alpha value is -1.26. The highest BCUT2D eigenvalue weighted by atomic mass is 16.3. The Morgan fingerprint density at radius 2 is 1.64 bits per heavy atom. The molecule has 144 valence electrons. The molecule has 0 heterocycles. The van der Waals surface area contributed by atoms with Crippen molar-refractivity contribution in [3.8, 4) is 0 Å². The summed E-state index contributed by atoms with van der Waals surface area (Å²) in [5, 5.41) is 44.9. The van der Waals surface area contributed by atoms with Gasteiger partial charge in [-0.1, -0.05) is 32.4 Å². The third-order valence-electron chi connectivity index (χ3n) is 4.38. The summed E-state index contributed by atoms with van der Waals surface area (Å²) < 4.78 is 0. The third kappa shape index (κ3) is 7.25. The summed E-state index contributed by atoms with van der Waals surface area (Å²) in [7, 11) is 0. The molecule has 1 aromatic carbocycles. The first-order valence-corrected chi connectivity index (χ1v) is 8.56. The number of benzene rings is 1. The molecule has 0 aromatic heterocycles. The standard InChI is InChI=1S/C17H32N4O4/c1-3-10(2)15(19)17(25)21-13(8-14(18)23)16(24)20-12-6-4-11(9-22)5-7-12/h4-7,10,13-17,20-25H,3,8-9,18-19H2,1-2H3/t10-,13?,14?,15-,16?,17?/m0/s1. The Balaban J connectivity index is 2.74. The molecule has 1 aromatic rings. The lowest BCUT2D eigenvalue weighted by Gasteiger charge is -2.32. The SMILES string of the molecule is CC[C@H](C)[C@H](N)C(O)NC(CC(N)O)C(O)Nc1ccc(CO)cc1. The number of anilines is 1. The molecule has 8 nitrogen and oxygen atoms in total. The fourth-order valence-corrected chi connectivity index (χ4v) is 2.44. The Morgan fingerprint density at radius 1 is 1.04 bits per heavy atom. The zero-order valence-electron chi connectivity index (χ0n) is 14.8. The first-order valence-electron chi connectivity index (χ1n) is 8.56. The zero-order valence-corrected chi connectivity index (χ0v) is 14.8. The quantitative estimate of drug-likeness (QED) is 0.240. The number of nitrogens with one attached hydrogen (secondary N) is 2. The van der Waals surface area contributed by atoms with E-state index in [1.807, 2.05) is 13.8 Å². The largest absolute Gasteiger partial charge is 0.392 e. The second-order valence-electron chi connectivity index (χ2n) is 6.43. The van der Waals surface area contributed by atoms with Crippen LogP contribution in [-0.2, 0) is 6.61 Å². The van der Waals surface area contributed by atoms with E-state index < -0.39 is 30.8 Å². The normalized spacial score (nSPS) is 18.9. The van der Waals surface area contributed by atoms with Gasteiger partial charge in [0.25, 0.3) is 0 Å². The molecule has 0 saturated carbocycles. The van der Waals surface area contributed by atoms with Gasteiger partial charge in [-0.2, -0.15) is 0 Å². The van der Waals surface area contributed by atoms with Crippen molar-refractivity contribution in [2.45, 2.75) is 64.1 Å². The average molecular weight is 356 g/mol. The lowest BCUT2D eigenvalue weighted by atomic mass is 9.98. The van der Waals surface area contributed by atoms with Gasteiger partial charge in [-0.25, -0.2) is 0 Å². The van der Waals surface area contributed by atoms with Crippen LogP contribution in [0.5, 0.6) is 0 Å². The van der Waals surface area contributed by atoms with Crippen LogP contribution in [-0.4, -0.2) is 51.2 Å². The van der Waals surface area contributed by atoms with E-state index in [2.05, 4.69) is 10.6 Å². The second kappa shape index (κ2) is 10.7. The van der Waals surface area contributed by atoms with Crippen molar-refractivity contribution in [3.05, 3.63) is 29.8 Å². The topological polar surface area (TPSA) is 157 Å². The lowest BCUT2D eigenvalue weighted by Crippen LogP contribution is -2.57. The Bertz CT molecular complexity index is 486. The van der Waals surface area contributed by atoms with Crippen LogP contribution in [0.15, 0.2) is 24.3 Å². The van der Waals surface area contributed by atoms with Gasteiger partial charge < -0.3 is 37.2 Å². The molecule has 0 bridgehead atoms. The van der Waals surface area contributed by atoms with Gasteiger partial charge in [0.2, 0.25) is 0 Å². The maximum atomic E-state index is 10.4. The molecule has 0 fully saturated rings. The number of hydrogen-bond donors (Lipinski definition) is 8. The molecule has 0 aliphatic carbocycles. The molecule has 25 heavy (non-hydrogen) atoms. The van der Waals surface area contributed by atoms with Crippen LogP contribution in [0, 0.1) is 5.92 Å². The van der Waals surface area contributed by atoms with Crippen LogP contribution in [0.2, 0.25) is 0 Å². The molecule has 10 N–H and O–H groups in total. The fraction of sp³-hybridized carbons (Fsp3) is 0.647. The number of hydrogen-bond acceptors (Lipinski definition) is 8. The van der Waals surface area contributed by atoms with Crippen molar-refractivity contribution in [1.29, 1.82) is 0 Å². The highest BCUT2D eigenvalue weighted by molar-refractivity contribution is 5.45. The number of aliphatic hydroxyl groups is 4. The molecule has 0 radical (unpaired) electrons. The molecular weight excluding hydrogens is 324 g/mol. The molecule has 0 aliphatic rings. The van der Waals surface area contributed by atoms with E-state index in [0.717, 1.165) is 12.0 Å². The van der Waals surface area contributed by atoms with Gasteiger partial charge in [0.05, 0.1) is 12.6 Å². The van der Waals surface area contributed by atoms with E-state index in [9.17, 15) is 15.3 Å². The third-order valence-corrected chi connectivity index (χ3v) is 4.38. The van der Waals surface area contributed by atoms with E-state index in [1.54, 1.807) is 24.3 Å². The summed E-state index contributed by atoms with van der Waals surface area (Å²) in [6.45, 7) is 3.84. The van der Waals surface area contributed by atoms with Crippen LogP contribution in [0.25, 0.3) is 0 Å². The number of aliphatic hydroxyl groups excluding tert-OH is 4. The Morgan fingerprint density at radius 3 is 2.12 bits per heavy atom. The van der Waals surface area contributed by atoms with Gasteiger partial charge in [0, 0.05) is 18.2 Å². The van der Waals surface area contributed by atoms with Crippen LogP contribution >= 0.6 is 0 Å². The molecule has 0 aliphatic heterocycles. The van der Waals surface area contributed by atoms with Gasteiger partial charge in [0.1, 0.15) is 18.7 Å². The fourth-order valence-electron chi connectivity index (χ4n) is 2.44. The van der Waals surface area contributed by atoms with E-state index in [1.165, 1.54) is 0 Å². The number of nitrogens with two attached hydrogens (primary N) is 2. The van der Waals surface area contributed by atoms with Gasteiger partial charge in [-0.3, -0.25) is 5.32 Å². The smallest absolute Gasteiger partial charge is 0.140 e. The second-order valence-corrected chi connectivity index (χ2v) is 6.43. The monoisotopic (exact) mass is 356 g/mol. The van der Waals surface area contributed by atoms with Gasteiger partial charge in [0.15, 0.2) is 0 Å². The van der Waals surface area contributed by atoms with Crippen molar-refractivity contribution < 1.29 is 20.4 Å². The van der Waals surface area contributed by atoms with Gasteiger partial charge in [-0.15, -0.1) is 0 Å². The van der Waals surface area contributed by atoms with Crippen molar-refractivity contribution in [3.63, 3.8) is 0 Å². The minimum atomic E-state index is -1.15. The molecular formula is C17H32N4O4. The minimum absolute atomic E-state index is 0.0210. The number of rotatable bonds is 11. The summed E-state index contributed by atoms with van der Waals surface area (Å²) in [5.41, 5.74) is 12.8. The van der Waals surface area contributed by atoms with E-state index in [4.69, 9.17) is 16.6 Å².